The lowest BCUT2D eigenvalue weighted by Crippen LogP contribution is -2.43. The summed E-state index contributed by atoms with van der Waals surface area (Å²) in [5.41, 5.74) is -0.0140. The van der Waals surface area contributed by atoms with Gasteiger partial charge in [-0.3, -0.25) is 9.59 Å². The fourth-order valence-electron chi connectivity index (χ4n) is 3.00. The highest BCUT2D eigenvalue weighted by atomic mass is 32.2. The Hall–Kier alpha value is -2.29. The van der Waals surface area contributed by atoms with Crippen LogP contribution in [0.1, 0.15) is 30.1 Å². The molecule has 1 aromatic carbocycles. The van der Waals surface area contributed by atoms with Gasteiger partial charge in [0.25, 0.3) is 15.9 Å². The maximum absolute atomic E-state index is 12.7. The van der Waals surface area contributed by atoms with E-state index in [9.17, 15) is 18.0 Å². The Labute approximate surface area is 146 Å². The zero-order chi connectivity index (χ0) is 18.4. The molecule has 8 nitrogen and oxygen atoms in total. The fourth-order valence-corrected chi connectivity index (χ4v) is 4.51. The average Bonchev–Trinajstić information content (AvgIpc) is 3.40. The van der Waals surface area contributed by atoms with Crippen LogP contribution in [0.4, 0.5) is 0 Å². The van der Waals surface area contributed by atoms with Crippen molar-refractivity contribution in [1.29, 1.82) is 0 Å². The number of hydrogen-bond acceptors (Lipinski definition) is 6. The van der Waals surface area contributed by atoms with Crippen LogP contribution in [0.25, 0.3) is 0 Å². The number of benzene rings is 1. The van der Waals surface area contributed by atoms with Gasteiger partial charge >= 0.3 is 0 Å². The Morgan fingerprint density at radius 1 is 1.24 bits per heavy atom. The van der Waals surface area contributed by atoms with Crippen LogP contribution in [-0.4, -0.2) is 62.8 Å². The quantitative estimate of drug-likeness (QED) is 0.739. The minimum atomic E-state index is -4.09. The van der Waals surface area contributed by atoms with Crippen molar-refractivity contribution < 1.29 is 27.5 Å². The van der Waals surface area contributed by atoms with E-state index in [1.165, 1.54) is 26.4 Å². The van der Waals surface area contributed by atoms with Gasteiger partial charge in [-0.05, 0) is 25.8 Å². The molecule has 0 spiro atoms. The highest BCUT2D eigenvalue weighted by Crippen LogP contribution is 2.39. The number of nitrogens with zero attached hydrogens (tertiary/aromatic N) is 2. The second kappa shape index (κ2) is 6.21. The highest BCUT2D eigenvalue weighted by Gasteiger charge is 2.44. The van der Waals surface area contributed by atoms with Crippen molar-refractivity contribution in [3.63, 3.8) is 0 Å². The molecule has 3 rings (SSSR count). The van der Waals surface area contributed by atoms with Crippen molar-refractivity contribution >= 4 is 21.8 Å². The van der Waals surface area contributed by atoms with Crippen LogP contribution in [0.3, 0.4) is 0 Å². The van der Waals surface area contributed by atoms with E-state index in [1.54, 1.807) is 4.90 Å². The molecule has 1 saturated carbocycles. The van der Waals surface area contributed by atoms with Crippen LogP contribution in [0.2, 0.25) is 0 Å². The number of fused-ring (bicyclic) bond motifs is 1. The first kappa shape index (κ1) is 17.5. The highest BCUT2D eigenvalue weighted by molar-refractivity contribution is 7.90. The molecule has 0 saturated heterocycles. The molecule has 136 valence electrons. The normalized spacial score (nSPS) is 18.0. The Kier molecular flexibility index (Phi) is 4.36. The van der Waals surface area contributed by atoms with Crippen molar-refractivity contribution in [3.05, 3.63) is 17.7 Å². The third kappa shape index (κ3) is 2.82. The lowest BCUT2D eigenvalue weighted by molar-refractivity contribution is -0.131. The number of carbonyl (C=O) groups is 2. The molecule has 0 atom stereocenters. The number of rotatable bonds is 6. The van der Waals surface area contributed by atoms with Gasteiger partial charge in [-0.1, -0.05) is 0 Å². The van der Waals surface area contributed by atoms with E-state index in [1.807, 2.05) is 6.92 Å². The summed E-state index contributed by atoms with van der Waals surface area (Å²) in [7, 11) is -1.32. The number of methoxy groups -OCH3 is 2. The molecule has 0 bridgehead atoms. The zero-order valence-corrected chi connectivity index (χ0v) is 15.1. The van der Waals surface area contributed by atoms with E-state index >= 15 is 0 Å². The molecule has 1 heterocycles. The average molecular weight is 368 g/mol. The van der Waals surface area contributed by atoms with Crippen molar-refractivity contribution in [2.75, 3.05) is 27.3 Å². The number of amides is 2. The van der Waals surface area contributed by atoms with Gasteiger partial charge < -0.3 is 14.4 Å². The van der Waals surface area contributed by atoms with Gasteiger partial charge in [-0.15, -0.1) is 0 Å². The van der Waals surface area contributed by atoms with E-state index in [4.69, 9.17) is 9.47 Å². The van der Waals surface area contributed by atoms with Crippen molar-refractivity contribution in [2.45, 2.75) is 30.7 Å². The summed E-state index contributed by atoms with van der Waals surface area (Å²) in [5.74, 6) is -0.630. The van der Waals surface area contributed by atoms with Gasteiger partial charge in [-0.25, -0.2) is 12.7 Å². The number of carbonyl (C=O) groups excluding carboxylic acids is 2. The van der Waals surface area contributed by atoms with Crippen LogP contribution in [-0.2, 0) is 14.8 Å². The predicted octanol–water partition coefficient (Wildman–Crippen LogP) is 0.859. The number of likely N-dealkylation sites (N-methyl/N-ethyl adjacent to an activating group) is 1. The lowest BCUT2D eigenvalue weighted by Gasteiger charge is -2.23. The molecule has 25 heavy (non-hydrogen) atoms. The summed E-state index contributed by atoms with van der Waals surface area (Å²) >= 11 is 0. The van der Waals surface area contributed by atoms with Crippen LogP contribution in [0, 0.1) is 0 Å². The molecule has 0 unspecified atom stereocenters. The van der Waals surface area contributed by atoms with E-state index in [2.05, 4.69) is 0 Å². The summed E-state index contributed by atoms with van der Waals surface area (Å²) in [6.45, 7) is 1.83. The lowest BCUT2D eigenvalue weighted by atomic mass is 10.2. The maximum atomic E-state index is 12.7. The molecule has 9 heteroatoms. The Morgan fingerprint density at radius 2 is 1.84 bits per heavy atom. The summed E-state index contributed by atoms with van der Waals surface area (Å²) in [6, 6.07) is 2.74. The topological polar surface area (TPSA) is 93.2 Å². The number of ether oxygens (including phenoxy) is 2. The molecule has 0 aromatic heterocycles. The third-order valence-corrected chi connectivity index (χ3v) is 6.21. The standard InChI is InChI=1S/C16H20N2O6S/c1-4-17(10-5-6-10)15(19)9-18-16(20)11-7-12(23-2)13(24-3)8-14(11)25(18,21)22/h7-8,10H,4-6,9H2,1-3H3. The van der Waals surface area contributed by atoms with Crippen LogP contribution < -0.4 is 9.47 Å². The van der Waals surface area contributed by atoms with E-state index < -0.39 is 22.5 Å². The summed E-state index contributed by atoms with van der Waals surface area (Å²) < 4.78 is 36.3. The molecule has 1 aromatic rings. The predicted molar refractivity (Wildman–Crippen MR) is 88.2 cm³/mol. The second-order valence-corrected chi connectivity index (χ2v) is 7.76. The van der Waals surface area contributed by atoms with Gasteiger partial charge in [0.15, 0.2) is 11.5 Å². The smallest absolute Gasteiger partial charge is 0.269 e. The van der Waals surface area contributed by atoms with E-state index in [0.717, 1.165) is 12.8 Å². The molecular formula is C16H20N2O6S. The molecule has 1 aliphatic carbocycles. The van der Waals surface area contributed by atoms with Gasteiger partial charge in [0, 0.05) is 18.7 Å². The summed E-state index contributed by atoms with van der Waals surface area (Å²) in [6.07, 6.45) is 1.82. The first-order valence-electron chi connectivity index (χ1n) is 7.97. The molecule has 0 N–H and O–H groups in total. The fraction of sp³-hybridized carbons (Fsp3) is 0.500. The molecule has 1 aliphatic heterocycles. The second-order valence-electron chi connectivity index (χ2n) is 5.93. The minimum absolute atomic E-state index is 0.0140. The van der Waals surface area contributed by atoms with Crippen molar-refractivity contribution in [3.8, 4) is 11.5 Å². The minimum Gasteiger partial charge on any atom is -0.493 e. The SMILES string of the molecule is CCN(C(=O)CN1C(=O)c2cc(OC)c(OC)cc2S1(=O)=O)C1CC1. The van der Waals surface area contributed by atoms with Crippen LogP contribution in [0.5, 0.6) is 11.5 Å². The first-order valence-corrected chi connectivity index (χ1v) is 9.41. The van der Waals surface area contributed by atoms with Gasteiger partial charge in [-0.2, -0.15) is 0 Å². The third-order valence-electron chi connectivity index (χ3n) is 4.44. The summed E-state index contributed by atoms with van der Waals surface area (Å²) in [4.78, 5) is 26.5. The largest absolute Gasteiger partial charge is 0.493 e. The Morgan fingerprint density at radius 3 is 2.36 bits per heavy atom. The Balaban J connectivity index is 1.95. The molecular weight excluding hydrogens is 348 g/mol. The Bertz CT molecular complexity index is 831. The van der Waals surface area contributed by atoms with E-state index in [-0.39, 0.29) is 33.9 Å². The summed E-state index contributed by atoms with van der Waals surface area (Å²) in [5, 5.41) is 0. The molecule has 2 amide bonds. The molecule has 0 radical (unpaired) electrons. The zero-order valence-electron chi connectivity index (χ0n) is 14.3. The molecule has 2 aliphatic rings. The first-order chi connectivity index (χ1) is 11.8. The van der Waals surface area contributed by atoms with Gasteiger partial charge in [0.1, 0.15) is 11.4 Å². The van der Waals surface area contributed by atoms with E-state index in [0.29, 0.717) is 10.8 Å². The molecule has 1 fully saturated rings. The maximum Gasteiger partial charge on any atom is 0.269 e. The number of sulfonamides is 1. The number of hydrogen-bond donors (Lipinski definition) is 0. The van der Waals surface area contributed by atoms with Crippen LogP contribution >= 0.6 is 0 Å². The van der Waals surface area contributed by atoms with Gasteiger partial charge in [0.2, 0.25) is 5.91 Å². The van der Waals surface area contributed by atoms with Gasteiger partial charge in [0.05, 0.1) is 19.8 Å². The monoisotopic (exact) mass is 368 g/mol. The van der Waals surface area contributed by atoms with Crippen molar-refractivity contribution in [1.82, 2.24) is 9.21 Å². The van der Waals surface area contributed by atoms with Crippen LogP contribution in [0.15, 0.2) is 17.0 Å². The van der Waals surface area contributed by atoms with Crippen molar-refractivity contribution in [2.24, 2.45) is 0 Å².